The molecule has 0 bridgehead atoms. The molecule has 2 aromatic carbocycles. The van der Waals surface area contributed by atoms with Gasteiger partial charge < -0.3 is 20.3 Å². The maximum atomic E-state index is 12.9. The molecule has 2 N–H and O–H groups in total. The van der Waals surface area contributed by atoms with Crippen LogP contribution < -0.4 is 15.4 Å². The van der Waals surface area contributed by atoms with Gasteiger partial charge in [0.1, 0.15) is 11.6 Å². The number of halogens is 1. The molecule has 0 atom stereocenters. The molecule has 0 spiro atoms. The standard InChI is InChI=1S/C23H23ClN4O3/c1-28(2)14-15-4-6-16(7-5-15)22(29)26-20-10-9-18(31-3)12-19(20)23(30)27-21-11-8-17(24)13-25-21/h4-13H,14H2,1-3H3,(H,26,29)(H,25,27,30). The van der Waals surface area contributed by atoms with Gasteiger partial charge in [-0.15, -0.1) is 0 Å². The van der Waals surface area contributed by atoms with Gasteiger partial charge in [-0.1, -0.05) is 23.7 Å². The summed E-state index contributed by atoms with van der Waals surface area (Å²) in [6.45, 7) is 0.781. The minimum absolute atomic E-state index is 0.244. The van der Waals surface area contributed by atoms with Crippen molar-refractivity contribution in [1.29, 1.82) is 0 Å². The van der Waals surface area contributed by atoms with Crippen molar-refractivity contribution in [2.45, 2.75) is 6.54 Å². The summed E-state index contributed by atoms with van der Waals surface area (Å²) in [6.07, 6.45) is 1.44. The van der Waals surface area contributed by atoms with Crippen molar-refractivity contribution < 1.29 is 14.3 Å². The van der Waals surface area contributed by atoms with E-state index in [-0.39, 0.29) is 11.5 Å². The zero-order valence-corrected chi connectivity index (χ0v) is 18.2. The molecule has 31 heavy (non-hydrogen) atoms. The lowest BCUT2D eigenvalue weighted by atomic mass is 10.1. The highest BCUT2D eigenvalue weighted by molar-refractivity contribution is 6.30. The minimum atomic E-state index is -0.439. The summed E-state index contributed by atoms with van der Waals surface area (Å²) in [7, 11) is 5.47. The van der Waals surface area contributed by atoms with Crippen LogP contribution in [0.3, 0.4) is 0 Å². The molecule has 7 nitrogen and oxygen atoms in total. The highest BCUT2D eigenvalue weighted by atomic mass is 35.5. The molecule has 0 saturated carbocycles. The number of nitrogens with one attached hydrogen (secondary N) is 2. The van der Waals surface area contributed by atoms with E-state index in [1.54, 1.807) is 42.5 Å². The summed E-state index contributed by atoms with van der Waals surface area (Å²) in [5.74, 6) is 0.0665. The van der Waals surface area contributed by atoms with Crippen molar-refractivity contribution in [3.63, 3.8) is 0 Å². The number of nitrogens with zero attached hydrogens (tertiary/aromatic N) is 2. The Kier molecular flexibility index (Phi) is 7.23. The summed E-state index contributed by atoms with van der Waals surface area (Å²) in [4.78, 5) is 31.7. The van der Waals surface area contributed by atoms with Crippen molar-refractivity contribution in [2.24, 2.45) is 0 Å². The van der Waals surface area contributed by atoms with E-state index in [0.29, 0.717) is 27.8 Å². The number of benzene rings is 2. The van der Waals surface area contributed by atoms with Crippen LogP contribution in [0.25, 0.3) is 0 Å². The summed E-state index contributed by atoms with van der Waals surface area (Å²) >= 11 is 5.84. The van der Waals surface area contributed by atoms with Gasteiger partial charge in [0, 0.05) is 18.3 Å². The van der Waals surface area contributed by atoms with E-state index in [1.807, 2.05) is 31.1 Å². The summed E-state index contributed by atoms with van der Waals surface area (Å²) in [6, 6.07) is 15.4. The van der Waals surface area contributed by atoms with Gasteiger partial charge in [0.15, 0.2) is 0 Å². The number of methoxy groups -OCH3 is 1. The third-order valence-electron chi connectivity index (χ3n) is 4.40. The average Bonchev–Trinajstić information content (AvgIpc) is 2.75. The van der Waals surface area contributed by atoms with Crippen LogP contribution >= 0.6 is 11.6 Å². The molecule has 160 valence electrons. The molecular formula is C23H23ClN4O3. The SMILES string of the molecule is COc1ccc(NC(=O)c2ccc(CN(C)C)cc2)c(C(=O)Nc2ccc(Cl)cn2)c1. The molecule has 3 rings (SSSR count). The van der Waals surface area contributed by atoms with Crippen LogP contribution in [0.4, 0.5) is 11.5 Å². The molecule has 0 aliphatic rings. The number of anilines is 2. The van der Waals surface area contributed by atoms with Gasteiger partial charge in [-0.2, -0.15) is 0 Å². The first-order valence-corrected chi connectivity index (χ1v) is 9.89. The first-order valence-electron chi connectivity index (χ1n) is 9.51. The maximum absolute atomic E-state index is 12.9. The van der Waals surface area contributed by atoms with Gasteiger partial charge in [0.2, 0.25) is 0 Å². The maximum Gasteiger partial charge on any atom is 0.259 e. The van der Waals surface area contributed by atoms with Crippen LogP contribution in [0, 0.1) is 0 Å². The largest absolute Gasteiger partial charge is 0.497 e. The van der Waals surface area contributed by atoms with E-state index in [0.717, 1.165) is 12.1 Å². The van der Waals surface area contributed by atoms with E-state index in [9.17, 15) is 9.59 Å². The Hall–Kier alpha value is -3.42. The van der Waals surface area contributed by atoms with Gasteiger partial charge >= 0.3 is 0 Å². The summed E-state index contributed by atoms with van der Waals surface area (Å²) < 4.78 is 5.23. The molecule has 0 saturated heterocycles. The average molecular weight is 439 g/mol. The van der Waals surface area contributed by atoms with Crippen molar-refractivity contribution in [3.05, 3.63) is 82.5 Å². The normalized spacial score (nSPS) is 10.6. The fourth-order valence-corrected chi connectivity index (χ4v) is 3.01. The summed E-state index contributed by atoms with van der Waals surface area (Å²) in [5.41, 5.74) is 2.19. The monoisotopic (exact) mass is 438 g/mol. The number of ether oxygens (including phenoxy) is 1. The molecule has 1 aromatic heterocycles. The van der Waals surface area contributed by atoms with E-state index < -0.39 is 5.91 Å². The molecule has 1 heterocycles. The fraction of sp³-hybridized carbons (Fsp3) is 0.174. The Balaban J connectivity index is 1.81. The number of pyridine rings is 1. The number of amides is 2. The third kappa shape index (κ3) is 6.04. The van der Waals surface area contributed by atoms with Crippen LogP contribution in [0.15, 0.2) is 60.8 Å². The van der Waals surface area contributed by atoms with Crippen LogP contribution in [0.1, 0.15) is 26.3 Å². The van der Waals surface area contributed by atoms with E-state index >= 15 is 0 Å². The Morgan fingerprint density at radius 1 is 1.00 bits per heavy atom. The lowest BCUT2D eigenvalue weighted by molar-refractivity contribution is 0.102. The van der Waals surface area contributed by atoms with E-state index in [2.05, 4.69) is 15.6 Å². The van der Waals surface area contributed by atoms with E-state index in [4.69, 9.17) is 16.3 Å². The highest BCUT2D eigenvalue weighted by Crippen LogP contribution is 2.24. The van der Waals surface area contributed by atoms with Crippen molar-refractivity contribution in [2.75, 3.05) is 31.8 Å². The van der Waals surface area contributed by atoms with Crippen molar-refractivity contribution >= 4 is 34.9 Å². The predicted molar refractivity (Wildman–Crippen MR) is 122 cm³/mol. The third-order valence-corrected chi connectivity index (χ3v) is 4.63. The first kappa shape index (κ1) is 22.3. The Morgan fingerprint density at radius 2 is 1.74 bits per heavy atom. The Labute approximate surface area is 186 Å². The first-order chi connectivity index (χ1) is 14.9. The zero-order chi connectivity index (χ0) is 22.4. The number of rotatable bonds is 7. The molecule has 8 heteroatoms. The number of carbonyl (C=O) groups is 2. The molecule has 0 radical (unpaired) electrons. The Morgan fingerprint density at radius 3 is 2.35 bits per heavy atom. The van der Waals surface area contributed by atoms with Gasteiger partial charge in [0.05, 0.1) is 23.4 Å². The number of carbonyl (C=O) groups excluding carboxylic acids is 2. The smallest absolute Gasteiger partial charge is 0.259 e. The van der Waals surface area contributed by atoms with Gasteiger partial charge in [-0.25, -0.2) is 4.98 Å². The lowest BCUT2D eigenvalue weighted by Crippen LogP contribution is -2.19. The second kappa shape index (κ2) is 10.1. The number of hydrogen-bond donors (Lipinski definition) is 2. The lowest BCUT2D eigenvalue weighted by Gasteiger charge is -2.13. The number of hydrogen-bond acceptors (Lipinski definition) is 5. The van der Waals surface area contributed by atoms with Gasteiger partial charge in [-0.05, 0) is 62.1 Å². The van der Waals surface area contributed by atoms with Gasteiger partial charge in [0.25, 0.3) is 11.8 Å². The van der Waals surface area contributed by atoms with Crippen molar-refractivity contribution in [3.8, 4) is 5.75 Å². The van der Waals surface area contributed by atoms with Gasteiger partial charge in [-0.3, -0.25) is 9.59 Å². The highest BCUT2D eigenvalue weighted by Gasteiger charge is 2.16. The van der Waals surface area contributed by atoms with Crippen LogP contribution in [-0.2, 0) is 6.54 Å². The summed E-state index contributed by atoms with van der Waals surface area (Å²) in [5, 5.41) is 5.96. The molecule has 0 unspecified atom stereocenters. The molecule has 0 fully saturated rings. The van der Waals surface area contributed by atoms with E-state index in [1.165, 1.54) is 13.3 Å². The predicted octanol–water partition coefficient (Wildman–Crippen LogP) is 4.31. The van der Waals surface area contributed by atoms with Crippen LogP contribution in [-0.4, -0.2) is 42.9 Å². The Bertz CT molecular complexity index is 1070. The zero-order valence-electron chi connectivity index (χ0n) is 17.5. The second-order valence-electron chi connectivity index (χ2n) is 7.12. The van der Waals surface area contributed by atoms with Crippen molar-refractivity contribution in [1.82, 2.24) is 9.88 Å². The molecule has 0 aliphatic carbocycles. The second-order valence-corrected chi connectivity index (χ2v) is 7.55. The molecule has 2 amide bonds. The van der Waals surface area contributed by atoms with Crippen LogP contribution in [0.5, 0.6) is 5.75 Å². The number of aromatic nitrogens is 1. The fourth-order valence-electron chi connectivity index (χ4n) is 2.90. The van der Waals surface area contributed by atoms with Crippen LogP contribution in [0.2, 0.25) is 5.02 Å². The minimum Gasteiger partial charge on any atom is -0.497 e. The topological polar surface area (TPSA) is 83.6 Å². The molecule has 3 aromatic rings. The molecule has 0 aliphatic heterocycles. The quantitative estimate of drug-likeness (QED) is 0.574. The molecular weight excluding hydrogens is 416 g/mol.